The molecule has 20 heavy (non-hydrogen) atoms. The maximum atomic E-state index is 12.4. The largest absolute Gasteiger partial charge is 0.381 e. The number of benzene rings is 1. The highest BCUT2D eigenvalue weighted by atomic mass is 79.9. The van der Waals surface area contributed by atoms with Crippen LogP contribution < -0.4 is 4.72 Å². The first-order valence-corrected chi connectivity index (χ1v) is 9.10. The van der Waals surface area contributed by atoms with Crippen molar-refractivity contribution >= 4 is 37.6 Å². The Bertz CT molecular complexity index is 573. The summed E-state index contributed by atoms with van der Waals surface area (Å²) in [6.45, 7) is 3.27. The van der Waals surface area contributed by atoms with Crippen molar-refractivity contribution in [1.82, 2.24) is 4.72 Å². The molecule has 0 spiro atoms. The van der Waals surface area contributed by atoms with Gasteiger partial charge in [0.05, 0.1) is 5.02 Å². The molecule has 1 aromatic rings. The van der Waals surface area contributed by atoms with Crippen molar-refractivity contribution in [3.63, 3.8) is 0 Å². The van der Waals surface area contributed by atoms with Crippen molar-refractivity contribution in [3.8, 4) is 0 Å². The molecule has 0 radical (unpaired) electrons. The van der Waals surface area contributed by atoms with Gasteiger partial charge in [-0.25, -0.2) is 13.1 Å². The molecule has 0 saturated carbocycles. The van der Waals surface area contributed by atoms with Crippen LogP contribution in [0.5, 0.6) is 0 Å². The van der Waals surface area contributed by atoms with Crippen LogP contribution in [0, 0.1) is 5.92 Å². The molecular weight excluding hydrogens is 366 g/mol. The van der Waals surface area contributed by atoms with Crippen LogP contribution in [-0.4, -0.2) is 27.7 Å². The van der Waals surface area contributed by atoms with Crippen molar-refractivity contribution in [3.05, 3.63) is 27.7 Å². The minimum atomic E-state index is -3.60. The second-order valence-electron chi connectivity index (χ2n) is 4.93. The van der Waals surface area contributed by atoms with Gasteiger partial charge >= 0.3 is 0 Å². The molecule has 1 saturated heterocycles. The van der Waals surface area contributed by atoms with E-state index in [-0.39, 0.29) is 16.0 Å². The lowest BCUT2D eigenvalue weighted by Gasteiger charge is -2.28. The maximum absolute atomic E-state index is 12.4. The molecule has 4 nitrogen and oxygen atoms in total. The van der Waals surface area contributed by atoms with Gasteiger partial charge < -0.3 is 4.74 Å². The minimum absolute atomic E-state index is 0.112. The Balaban J connectivity index is 2.13. The summed E-state index contributed by atoms with van der Waals surface area (Å²) in [5, 5.41) is 0.214. The molecule has 1 aliphatic rings. The zero-order valence-electron chi connectivity index (χ0n) is 11.1. The van der Waals surface area contributed by atoms with Gasteiger partial charge in [-0.1, -0.05) is 27.5 Å². The molecule has 1 aliphatic heterocycles. The topological polar surface area (TPSA) is 55.4 Å². The Hall–Kier alpha value is -0.140. The molecule has 112 valence electrons. The van der Waals surface area contributed by atoms with Gasteiger partial charge in [0.25, 0.3) is 0 Å². The lowest BCUT2D eigenvalue weighted by atomic mass is 9.94. The summed E-state index contributed by atoms with van der Waals surface area (Å²) in [6, 6.07) is 4.61. The standard InChI is InChI=1S/C13H17BrClNO3S/c1-9(10-4-6-19-7-5-10)16-20(17,18)13-3-2-11(14)8-12(13)15/h2-3,8-10,16H,4-7H2,1H3. The zero-order valence-corrected chi connectivity index (χ0v) is 14.3. The van der Waals surface area contributed by atoms with Gasteiger partial charge in [-0.15, -0.1) is 0 Å². The maximum Gasteiger partial charge on any atom is 0.242 e. The third-order valence-electron chi connectivity index (χ3n) is 3.50. The van der Waals surface area contributed by atoms with Crippen LogP contribution in [0.4, 0.5) is 0 Å². The van der Waals surface area contributed by atoms with Gasteiger partial charge in [-0.05, 0) is 43.9 Å². The average Bonchev–Trinajstić information content (AvgIpc) is 2.38. The molecule has 0 amide bonds. The SMILES string of the molecule is CC(NS(=O)(=O)c1ccc(Br)cc1Cl)C1CCOCC1. The van der Waals surface area contributed by atoms with Gasteiger partial charge in [-0.3, -0.25) is 0 Å². The van der Waals surface area contributed by atoms with E-state index in [9.17, 15) is 8.42 Å². The highest BCUT2D eigenvalue weighted by molar-refractivity contribution is 9.10. The third-order valence-corrected chi connectivity index (χ3v) is 6.03. The first-order chi connectivity index (χ1) is 9.40. The third kappa shape index (κ3) is 3.95. The molecule has 2 rings (SSSR count). The van der Waals surface area contributed by atoms with Crippen molar-refractivity contribution in [2.75, 3.05) is 13.2 Å². The lowest BCUT2D eigenvalue weighted by molar-refractivity contribution is 0.0585. The number of nitrogens with one attached hydrogen (secondary N) is 1. The normalized spacial score (nSPS) is 18.9. The lowest BCUT2D eigenvalue weighted by Crippen LogP contribution is -2.40. The molecular formula is C13H17BrClNO3S. The number of ether oxygens (including phenoxy) is 1. The second kappa shape index (κ2) is 6.75. The molecule has 0 aromatic heterocycles. The van der Waals surface area contributed by atoms with E-state index in [1.807, 2.05) is 6.92 Å². The molecule has 7 heteroatoms. The average molecular weight is 383 g/mol. The number of rotatable bonds is 4. The van der Waals surface area contributed by atoms with Crippen LogP contribution in [0.2, 0.25) is 5.02 Å². The summed E-state index contributed by atoms with van der Waals surface area (Å²) in [5.41, 5.74) is 0. The molecule has 1 fully saturated rings. The zero-order chi connectivity index (χ0) is 14.8. The van der Waals surface area contributed by atoms with Crippen molar-refractivity contribution in [2.24, 2.45) is 5.92 Å². The number of hydrogen-bond acceptors (Lipinski definition) is 3. The quantitative estimate of drug-likeness (QED) is 0.870. The van der Waals surface area contributed by atoms with Crippen LogP contribution in [0.15, 0.2) is 27.6 Å². The Kier molecular flexibility index (Phi) is 5.48. The van der Waals surface area contributed by atoms with Crippen LogP contribution in [0.25, 0.3) is 0 Å². The van der Waals surface area contributed by atoms with E-state index in [0.29, 0.717) is 19.1 Å². The summed E-state index contributed by atoms with van der Waals surface area (Å²) in [7, 11) is -3.60. The second-order valence-corrected chi connectivity index (χ2v) is 7.94. The van der Waals surface area contributed by atoms with E-state index >= 15 is 0 Å². The van der Waals surface area contributed by atoms with E-state index in [1.165, 1.54) is 6.07 Å². The first-order valence-electron chi connectivity index (χ1n) is 6.45. The molecule has 1 aromatic carbocycles. The first kappa shape index (κ1) is 16.2. The van der Waals surface area contributed by atoms with E-state index in [2.05, 4.69) is 20.7 Å². The van der Waals surface area contributed by atoms with Gasteiger partial charge in [0.15, 0.2) is 0 Å². The summed E-state index contributed by atoms with van der Waals surface area (Å²) in [4.78, 5) is 0.112. The fourth-order valence-corrected chi connectivity index (χ4v) is 4.66. The Morgan fingerprint density at radius 1 is 1.40 bits per heavy atom. The molecule has 0 bridgehead atoms. The summed E-state index contributed by atoms with van der Waals surface area (Å²) >= 11 is 9.28. The van der Waals surface area contributed by atoms with E-state index in [4.69, 9.17) is 16.3 Å². The van der Waals surface area contributed by atoms with Crippen LogP contribution in [-0.2, 0) is 14.8 Å². The minimum Gasteiger partial charge on any atom is -0.381 e. The summed E-state index contributed by atoms with van der Waals surface area (Å²) in [6.07, 6.45) is 1.75. The molecule has 1 heterocycles. The fraction of sp³-hybridized carbons (Fsp3) is 0.538. The monoisotopic (exact) mass is 381 g/mol. The Labute approximate surface area is 133 Å². The fourth-order valence-electron chi connectivity index (χ4n) is 2.31. The molecule has 0 aliphatic carbocycles. The number of hydrogen-bond donors (Lipinski definition) is 1. The van der Waals surface area contributed by atoms with E-state index < -0.39 is 10.0 Å². The predicted octanol–water partition coefficient (Wildman–Crippen LogP) is 3.20. The number of halogens is 2. The van der Waals surface area contributed by atoms with Gasteiger partial charge in [-0.2, -0.15) is 0 Å². The van der Waals surface area contributed by atoms with Crippen LogP contribution >= 0.6 is 27.5 Å². The Morgan fingerprint density at radius 3 is 2.65 bits per heavy atom. The van der Waals surface area contributed by atoms with Gasteiger partial charge in [0.1, 0.15) is 4.90 Å². The highest BCUT2D eigenvalue weighted by Crippen LogP contribution is 2.26. The predicted molar refractivity (Wildman–Crippen MR) is 82.5 cm³/mol. The molecule has 1 atom stereocenters. The number of sulfonamides is 1. The smallest absolute Gasteiger partial charge is 0.242 e. The summed E-state index contributed by atoms with van der Waals surface area (Å²) in [5.74, 6) is 0.299. The van der Waals surface area contributed by atoms with Crippen LogP contribution in [0.1, 0.15) is 19.8 Å². The Morgan fingerprint density at radius 2 is 2.05 bits per heavy atom. The van der Waals surface area contributed by atoms with Gasteiger partial charge in [0, 0.05) is 23.7 Å². The molecule has 1 N–H and O–H groups in total. The summed E-state index contributed by atoms with van der Waals surface area (Å²) < 4.78 is 33.5. The van der Waals surface area contributed by atoms with Gasteiger partial charge in [0.2, 0.25) is 10.0 Å². The van der Waals surface area contributed by atoms with Crippen molar-refractivity contribution < 1.29 is 13.2 Å². The van der Waals surface area contributed by atoms with E-state index in [0.717, 1.165) is 17.3 Å². The van der Waals surface area contributed by atoms with Crippen molar-refractivity contribution in [1.29, 1.82) is 0 Å². The van der Waals surface area contributed by atoms with E-state index in [1.54, 1.807) is 12.1 Å². The molecule has 1 unspecified atom stereocenters. The highest BCUT2D eigenvalue weighted by Gasteiger charge is 2.26. The van der Waals surface area contributed by atoms with Crippen molar-refractivity contribution in [2.45, 2.75) is 30.7 Å². The van der Waals surface area contributed by atoms with Crippen LogP contribution in [0.3, 0.4) is 0 Å².